The Balaban J connectivity index is 1.19. The van der Waals surface area contributed by atoms with E-state index in [0.717, 1.165) is 55.5 Å². The van der Waals surface area contributed by atoms with Crippen molar-refractivity contribution >= 4 is 32.5 Å². The summed E-state index contributed by atoms with van der Waals surface area (Å²) in [6, 6.07) is 8.63. The van der Waals surface area contributed by atoms with E-state index in [1.165, 1.54) is 4.70 Å². The fourth-order valence-electron chi connectivity index (χ4n) is 3.54. The molecule has 2 fully saturated rings. The Hall–Kier alpha value is -2.45. The van der Waals surface area contributed by atoms with Gasteiger partial charge in [0.15, 0.2) is 10.9 Å². The number of nitrogens with zero attached hydrogens (tertiary/aromatic N) is 4. The molecular formula is C19H22N6OS. The third kappa shape index (κ3) is 3.54. The van der Waals surface area contributed by atoms with E-state index in [4.69, 9.17) is 4.74 Å². The van der Waals surface area contributed by atoms with Crippen LogP contribution < -0.4 is 20.3 Å². The Labute approximate surface area is 161 Å². The minimum atomic E-state index is 0.176. The molecule has 1 aliphatic heterocycles. The summed E-state index contributed by atoms with van der Waals surface area (Å²) < 4.78 is 7.38. The van der Waals surface area contributed by atoms with Gasteiger partial charge in [0.25, 0.3) is 5.88 Å². The summed E-state index contributed by atoms with van der Waals surface area (Å²) in [6.07, 6.45) is 5.52. The number of para-hydroxylation sites is 1. The normalized spacial score (nSPS) is 22.4. The van der Waals surface area contributed by atoms with Gasteiger partial charge in [-0.15, -0.1) is 0 Å². The molecule has 0 bridgehead atoms. The van der Waals surface area contributed by atoms with Gasteiger partial charge in [0.05, 0.1) is 10.2 Å². The number of anilines is 2. The van der Waals surface area contributed by atoms with Crippen LogP contribution in [-0.2, 0) is 0 Å². The Morgan fingerprint density at radius 1 is 1.11 bits per heavy atom. The predicted octanol–water partition coefficient (Wildman–Crippen LogP) is 2.52. The molecule has 3 heterocycles. The Bertz CT molecular complexity index is 886. The average molecular weight is 382 g/mol. The first kappa shape index (κ1) is 16.7. The zero-order valence-electron chi connectivity index (χ0n) is 15.0. The molecule has 0 radical (unpaired) electrons. The van der Waals surface area contributed by atoms with Gasteiger partial charge in [0.1, 0.15) is 6.10 Å². The number of piperazine rings is 1. The van der Waals surface area contributed by atoms with Gasteiger partial charge in [-0.05, 0) is 12.1 Å². The van der Waals surface area contributed by atoms with Crippen LogP contribution in [0.4, 0.5) is 10.9 Å². The number of aromatic nitrogens is 3. The maximum atomic E-state index is 6.17. The van der Waals surface area contributed by atoms with E-state index in [1.54, 1.807) is 23.7 Å². The molecule has 1 saturated heterocycles. The second kappa shape index (κ2) is 7.28. The first-order valence-electron chi connectivity index (χ1n) is 9.40. The third-order valence-electron chi connectivity index (χ3n) is 5.06. The summed E-state index contributed by atoms with van der Waals surface area (Å²) in [5.41, 5.74) is 1.05. The highest BCUT2D eigenvalue weighted by Crippen LogP contribution is 2.33. The number of benzene rings is 1. The van der Waals surface area contributed by atoms with E-state index < -0.39 is 0 Å². The zero-order valence-corrected chi connectivity index (χ0v) is 15.8. The van der Waals surface area contributed by atoms with Crippen LogP contribution in [0.2, 0.25) is 0 Å². The van der Waals surface area contributed by atoms with Crippen molar-refractivity contribution in [3.8, 4) is 5.88 Å². The quantitative estimate of drug-likeness (QED) is 0.702. The van der Waals surface area contributed by atoms with Crippen LogP contribution in [0.5, 0.6) is 5.88 Å². The second-order valence-electron chi connectivity index (χ2n) is 6.96. The van der Waals surface area contributed by atoms with Gasteiger partial charge in [0, 0.05) is 57.5 Å². The van der Waals surface area contributed by atoms with Gasteiger partial charge in [-0.25, -0.2) is 15.0 Å². The zero-order chi connectivity index (χ0) is 18.1. The molecule has 0 unspecified atom stereocenters. The topological polar surface area (TPSA) is 75.2 Å². The summed E-state index contributed by atoms with van der Waals surface area (Å²) >= 11 is 1.70. The molecular weight excluding hydrogens is 360 g/mol. The summed E-state index contributed by atoms with van der Waals surface area (Å²) in [5.74, 6) is 1.52. The molecule has 1 aliphatic carbocycles. The smallest absolute Gasteiger partial charge is 0.257 e. The fraction of sp³-hybridized carbons (Fsp3) is 0.421. The molecule has 2 N–H and O–H groups in total. The van der Waals surface area contributed by atoms with Gasteiger partial charge >= 0.3 is 0 Å². The minimum absolute atomic E-state index is 0.176. The van der Waals surface area contributed by atoms with Crippen LogP contribution in [0.1, 0.15) is 12.8 Å². The maximum Gasteiger partial charge on any atom is 0.257 e. The van der Waals surface area contributed by atoms with Crippen molar-refractivity contribution in [2.45, 2.75) is 25.0 Å². The molecule has 27 heavy (non-hydrogen) atoms. The second-order valence-corrected chi connectivity index (χ2v) is 7.99. The highest BCUT2D eigenvalue weighted by molar-refractivity contribution is 7.22. The van der Waals surface area contributed by atoms with E-state index >= 15 is 0 Å². The highest BCUT2D eigenvalue weighted by atomic mass is 32.1. The Kier molecular flexibility index (Phi) is 4.51. The lowest BCUT2D eigenvalue weighted by molar-refractivity contribution is 0.103. The van der Waals surface area contributed by atoms with Gasteiger partial charge in [-0.2, -0.15) is 0 Å². The molecule has 140 valence electrons. The molecule has 8 heteroatoms. The van der Waals surface area contributed by atoms with E-state index in [-0.39, 0.29) is 6.10 Å². The molecule has 2 aliphatic rings. The van der Waals surface area contributed by atoms with Crippen LogP contribution in [0.25, 0.3) is 10.2 Å². The van der Waals surface area contributed by atoms with Crippen LogP contribution >= 0.6 is 11.3 Å². The molecule has 1 aromatic carbocycles. The molecule has 7 nitrogen and oxygen atoms in total. The number of hydrogen-bond acceptors (Lipinski definition) is 8. The van der Waals surface area contributed by atoms with Crippen LogP contribution in [0.15, 0.2) is 36.7 Å². The van der Waals surface area contributed by atoms with Crippen molar-refractivity contribution in [3.63, 3.8) is 0 Å². The van der Waals surface area contributed by atoms with Crippen LogP contribution in [0.3, 0.4) is 0 Å². The highest BCUT2D eigenvalue weighted by Gasteiger charge is 2.33. The number of hydrogen-bond donors (Lipinski definition) is 2. The summed E-state index contributed by atoms with van der Waals surface area (Å²) in [7, 11) is 0. The average Bonchev–Trinajstić information content (AvgIpc) is 3.10. The van der Waals surface area contributed by atoms with Crippen molar-refractivity contribution < 1.29 is 4.74 Å². The predicted molar refractivity (Wildman–Crippen MR) is 108 cm³/mol. The minimum Gasteiger partial charge on any atom is -0.472 e. The number of rotatable bonds is 5. The van der Waals surface area contributed by atoms with Crippen molar-refractivity contribution in [1.29, 1.82) is 0 Å². The van der Waals surface area contributed by atoms with Gasteiger partial charge in [0.2, 0.25) is 0 Å². The van der Waals surface area contributed by atoms with Gasteiger partial charge in [-0.3, -0.25) is 0 Å². The van der Waals surface area contributed by atoms with E-state index in [9.17, 15) is 0 Å². The van der Waals surface area contributed by atoms with Crippen LogP contribution in [0, 0.1) is 0 Å². The molecule has 3 aromatic rings. The van der Waals surface area contributed by atoms with Crippen molar-refractivity contribution in [3.05, 3.63) is 36.7 Å². The summed E-state index contributed by atoms with van der Waals surface area (Å²) in [6.45, 7) is 3.80. The fourth-order valence-corrected chi connectivity index (χ4v) is 4.48. The molecule has 2 aromatic heterocycles. The third-order valence-corrected chi connectivity index (χ3v) is 6.03. The first-order chi connectivity index (χ1) is 13.3. The van der Waals surface area contributed by atoms with Crippen molar-refractivity contribution in [2.75, 3.05) is 36.4 Å². The lowest BCUT2D eigenvalue weighted by atomic mass is 9.89. The van der Waals surface area contributed by atoms with Crippen molar-refractivity contribution in [2.24, 2.45) is 0 Å². The number of nitrogens with one attached hydrogen (secondary N) is 2. The van der Waals surface area contributed by atoms with Gasteiger partial charge < -0.3 is 20.3 Å². The molecule has 1 saturated carbocycles. The summed E-state index contributed by atoms with van der Waals surface area (Å²) in [5, 5.41) is 7.88. The molecule has 0 atom stereocenters. The summed E-state index contributed by atoms with van der Waals surface area (Å²) in [4.78, 5) is 15.8. The van der Waals surface area contributed by atoms with E-state index in [2.05, 4.69) is 42.6 Å². The standard InChI is InChI=1S/C19H22N6OS/c1-2-4-16-15(3-1)24-19(27-16)23-13-11-14(12-13)26-18-17(21-5-6-22-18)25-9-7-20-8-10-25/h1-6,13-14,20H,7-12H2,(H,23,24)/t13-,14-. The monoisotopic (exact) mass is 382 g/mol. The van der Waals surface area contributed by atoms with Crippen LogP contribution in [-0.4, -0.2) is 53.3 Å². The number of fused-ring (bicyclic) bond motifs is 1. The molecule has 5 rings (SSSR count). The Morgan fingerprint density at radius 3 is 2.78 bits per heavy atom. The van der Waals surface area contributed by atoms with Crippen molar-refractivity contribution in [1.82, 2.24) is 20.3 Å². The SMILES string of the molecule is c1ccc2sc(N[C@H]3C[C@H](Oc4nccnc4N4CCNCC4)C3)nc2c1. The Morgan fingerprint density at radius 2 is 1.93 bits per heavy atom. The largest absolute Gasteiger partial charge is 0.472 e. The lowest BCUT2D eigenvalue weighted by Crippen LogP contribution is -2.45. The van der Waals surface area contributed by atoms with E-state index in [1.807, 2.05) is 12.1 Å². The van der Waals surface area contributed by atoms with E-state index in [0.29, 0.717) is 11.9 Å². The molecule has 0 amide bonds. The maximum absolute atomic E-state index is 6.17. The molecule has 0 spiro atoms. The lowest BCUT2D eigenvalue weighted by Gasteiger charge is -2.36. The number of ether oxygens (including phenoxy) is 1. The number of thiazole rings is 1. The first-order valence-corrected chi connectivity index (χ1v) is 10.2. The van der Waals surface area contributed by atoms with Gasteiger partial charge in [-0.1, -0.05) is 23.5 Å².